The number of aromatic nitrogens is 2. The molecular weight excluding hydrogens is 359 g/mol. The van der Waals surface area contributed by atoms with Gasteiger partial charge in [-0.05, 0) is 35.9 Å². The van der Waals surface area contributed by atoms with Crippen LogP contribution in [0.2, 0.25) is 10.0 Å². The van der Waals surface area contributed by atoms with Crippen LogP contribution in [0.4, 0.5) is 5.82 Å². The van der Waals surface area contributed by atoms with Crippen molar-refractivity contribution in [2.24, 2.45) is 0 Å². The van der Waals surface area contributed by atoms with Gasteiger partial charge in [-0.15, -0.1) is 0 Å². The normalized spacial score (nSPS) is 10.3. The molecular formula is C18H12Cl2N4O. The molecule has 124 valence electrons. The van der Waals surface area contributed by atoms with Crippen molar-refractivity contribution in [3.05, 3.63) is 81.5 Å². The van der Waals surface area contributed by atoms with Gasteiger partial charge in [0.25, 0.3) is 5.91 Å². The Morgan fingerprint density at radius 3 is 2.80 bits per heavy atom. The van der Waals surface area contributed by atoms with Gasteiger partial charge < -0.3 is 5.32 Å². The average molecular weight is 371 g/mol. The van der Waals surface area contributed by atoms with E-state index in [1.165, 1.54) is 6.07 Å². The van der Waals surface area contributed by atoms with Crippen LogP contribution in [0.1, 0.15) is 21.5 Å². The summed E-state index contributed by atoms with van der Waals surface area (Å²) in [6.45, 7) is 0.454. The molecule has 25 heavy (non-hydrogen) atoms. The second kappa shape index (κ2) is 7.39. The van der Waals surface area contributed by atoms with E-state index in [-0.39, 0.29) is 5.91 Å². The summed E-state index contributed by atoms with van der Waals surface area (Å²) in [5.74, 6) is 0.0873. The summed E-state index contributed by atoms with van der Waals surface area (Å²) in [5, 5.41) is 17.0. The van der Waals surface area contributed by atoms with Crippen molar-refractivity contribution in [1.82, 2.24) is 9.78 Å². The lowest BCUT2D eigenvalue weighted by molar-refractivity contribution is 0.102. The molecule has 0 fully saturated rings. The Balaban J connectivity index is 1.71. The zero-order valence-corrected chi connectivity index (χ0v) is 14.4. The second-order valence-electron chi connectivity index (χ2n) is 5.28. The summed E-state index contributed by atoms with van der Waals surface area (Å²) in [7, 11) is 0. The zero-order valence-electron chi connectivity index (χ0n) is 12.9. The number of carbonyl (C=O) groups is 1. The molecule has 0 aliphatic carbocycles. The standard InChI is InChI=1S/C18H12Cl2N4O/c19-15-5-4-14(16(20)9-15)11-24-7-6-17(23-24)22-18(25)13-3-1-2-12(8-13)10-21/h1-9H,11H2,(H,22,23,25). The first-order valence-electron chi connectivity index (χ1n) is 7.34. The summed E-state index contributed by atoms with van der Waals surface area (Å²) in [5.41, 5.74) is 1.69. The fourth-order valence-corrected chi connectivity index (χ4v) is 2.73. The molecule has 0 radical (unpaired) electrons. The van der Waals surface area contributed by atoms with Crippen molar-refractivity contribution in [3.8, 4) is 6.07 Å². The summed E-state index contributed by atoms with van der Waals surface area (Å²) < 4.78 is 1.66. The van der Waals surface area contributed by atoms with Gasteiger partial charge in [0.2, 0.25) is 0 Å². The Bertz CT molecular complexity index is 975. The first kappa shape index (κ1) is 17.0. The van der Waals surface area contributed by atoms with E-state index in [0.29, 0.717) is 33.5 Å². The SMILES string of the molecule is N#Cc1cccc(C(=O)Nc2ccn(Cc3ccc(Cl)cc3Cl)n2)c1. The minimum absolute atomic E-state index is 0.327. The lowest BCUT2D eigenvalue weighted by Crippen LogP contribution is -2.13. The molecule has 0 saturated carbocycles. The molecule has 1 aromatic heterocycles. The highest BCUT2D eigenvalue weighted by Gasteiger charge is 2.09. The van der Waals surface area contributed by atoms with Gasteiger partial charge in [-0.1, -0.05) is 35.3 Å². The monoisotopic (exact) mass is 370 g/mol. The molecule has 3 aromatic rings. The average Bonchev–Trinajstić information content (AvgIpc) is 3.04. The first-order valence-corrected chi connectivity index (χ1v) is 8.09. The summed E-state index contributed by atoms with van der Waals surface area (Å²) in [6, 6.07) is 15.4. The Labute approximate surface area is 154 Å². The number of nitrogens with one attached hydrogen (secondary N) is 1. The molecule has 1 N–H and O–H groups in total. The number of hydrogen-bond acceptors (Lipinski definition) is 3. The van der Waals surface area contributed by atoms with Crippen LogP contribution in [0.25, 0.3) is 0 Å². The van der Waals surface area contributed by atoms with Gasteiger partial charge in [-0.3, -0.25) is 9.48 Å². The number of carbonyl (C=O) groups excluding carboxylic acids is 1. The Kier molecular flexibility index (Phi) is 5.03. The highest BCUT2D eigenvalue weighted by molar-refractivity contribution is 6.35. The smallest absolute Gasteiger partial charge is 0.256 e. The summed E-state index contributed by atoms with van der Waals surface area (Å²) in [6.07, 6.45) is 1.74. The van der Waals surface area contributed by atoms with Crippen LogP contribution in [-0.4, -0.2) is 15.7 Å². The highest BCUT2D eigenvalue weighted by Crippen LogP contribution is 2.22. The molecule has 3 rings (SSSR count). The van der Waals surface area contributed by atoms with E-state index in [2.05, 4.69) is 10.4 Å². The van der Waals surface area contributed by atoms with E-state index in [1.54, 1.807) is 47.3 Å². The first-order chi connectivity index (χ1) is 12.0. The van der Waals surface area contributed by atoms with Crippen molar-refractivity contribution in [2.75, 3.05) is 5.32 Å². The summed E-state index contributed by atoms with van der Waals surface area (Å²) >= 11 is 12.0. The third-order valence-corrected chi connectivity index (χ3v) is 4.07. The molecule has 0 bridgehead atoms. The Hall–Kier alpha value is -2.81. The van der Waals surface area contributed by atoms with Crippen molar-refractivity contribution < 1.29 is 4.79 Å². The maximum atomic E-state index is 12.2. The molecule has 1 amide bonds. The van der Waals surface area contributed by atoms with Crippen molar-refractivity contribution >= 4 is 34.9 Å². The van der Waals surface area contributed by atoms with Crippen molar-refractivity contribution in [2.45, 2.75) is 6.54 Å². The fourth-order valence-electron chi connectivity index (χ4n) is 2.26. The van der Waals surface area contributed by atoms with Gasteiger partial charge >= 0.3 is 0 Å². The van der Waals surface area contributed by atoms with Crippen LogP contribution < -0.4 is 5.32 Å². The second-order valence-corrected chi connectivity index (χ2v) is 6.12. The van der Waals surface area contributed by atoms with Crippen molar-refractivity contribution in [3.63, 3.8) is 0 Å². The number of rotatable bonds is 4. The van der Waals surface area contributed by atoms with Gasteiger partial charge in [0, 0.05) is 27.9 Å². The topological polar surface area (TPSA) is 70.7 Å². The van der Waals surface area contributed by atoms with Crippen LogP contribution in [0.15, 0.2) is 54.7 Å². The van der Waals surface area contributed by atoms with Gasteiger partial charge in [0.15, 0.2) is 5.82 Å². The van der Waals surface area contributed by atoms with Crippen LogP contribution >= 0.6 is 23.2 Å². The van der Waals surface area contributed by atoms with Gasteiger partial charge in [-0.25, -0.2) is 0 Å². The van der Waals surface area contributed by atoms with Gasteiger partial charge in [-0.2, -0.15) is 10.4 Å². The lowest BCUT2D eigenvalue weighted by atomic mass is 10.1. The predicted octanol–water partition coefficient (Wildman–Crippen LogP) is 4.36. The quantitative estimate of drug-likeness (QED) is 0.741. The molecule has 2 aromatic carbocycles. The largest absolute Gasteiger partial charge is 0.305 e. The zero-order chi connectivity index (χ0) is 17.8. The van der Waals surface area contributed by atoms with E-state index in [1.807, 2.05) is 12.1 Å². The number of nitrogens with zero attached hydrogens (tertiary/aromatic N) is 3. The van der Waals surface area contributed by atoms with Crippen LogP contribution in [-0.2, 0) is 6.54 Å². The number of benzene rings is 2. The number of halogens is 2. The van der Waals surface area contributed by atoms with E-state index >= 15 is 0 Å². The molecule has 0 aliphatic rings. The molecule has 0 spiro atoms. The molecule has 0 atom stereocenters. The molecule has 0 aliphatic heterocycles. The predicted molar refractivity (Wildman–Crippen MR) is 96.9 cm³/mol. The van der Waals surface area contributed by atoms with Crippen LogP contribution in [0.3, 0.4) is 0 Å². The van der Waals surface area contributed by atoms with Crippen LogP contribution in [0, 0.1) is 11.3 Å². The number of anilines is 1. The van der Waals surface area contributed by atoms with Gasteiger partial charge in [0.1, 0.15) is 0 Å². The van der Waals surface area contributed by atoms with E-state index in [4.69, 9.17) is 28.5 Å². The molecule has 0 unspecified atom stereocenters. The van der Waals surface area contributed by atoms with Gasteiger partial charge in [0.05, 0.1) is 18.2 Å². The lowest BCUT2D eigenvalue weighted by Gasteiger charge is -2.05. The summed E-state index contributed by atoms with van der Waals surface area (Å²) in [4.78, 5) is 12.2. The third kappa shape index (κ3) is 4.18. The molecule has 7 heteroatoms. The third-order valence-electron chi connectivity index (χ3n) is 3.48. The Morgan fingerprint density at radius 1 is 1.20 bits per heavy atom. The maximum absolute atomic E-state index is 12.2. The number of amides is 1. The highest BCUT2D eigenvalue weighted by atomic mass is 35.5. The molecule has 0 saturated heterocycles. The van der Waals surface area contributed by atoms with Crippen LogP contribution in [0.5, 0.6) is 0 Å². The Morgan fingerprint density at radius 2 is 2.04 bits per heavy atom. The van der Waals surface area contributed by atoms with Crippen molar-refractivity contribution in [1.29, 1.82) is 5.26 Å². The molecule has 5 nitrogen and oxygen atoms in total. The number of nitriles is 1. The minimum Gasteiger partial charge on any atom is -0.305 e. The van der Waals surface area contributed by atoms with E-state index in [0.717, 1.165) is 5.56 Å². The minimum atomic E-state index is -0.327. The van der Waals surface area contributed by atoms with E-state index in [9.17, 15) is 4.79 Å². The number of hydrogen-bond donors (Lipinski definition) is 1. The fraction of sp³-hybridized carbons (Fsp3) is 0.0556. The molecule has 1 heterocycles. The van der Waals surface area contributed by atoms with E-state index < -0.39 is 0 Å². The maximum Gasteiger partial charge on any atom is 0.256 e.